The maximum atomic E-state index is 13.0. The van der Waals surface area contributed by atoms with Crippen LogP contribution in [0.4, 0.5) is 0 Å². The molecule has 0 radical (unpaired) electrons. The molecule has 9 nitrogen and oxygen atoms in total. The standard InChI is InChI=1S/C23H26ClN7O2S/c1-2-19(31-14-17(13-28-31)22-21-6-7-25-23(21)27-16-26-22)15-29-8-10-30(11-9-29)34(32,33)20-5-3-4-18(24)12-20/h3-7,12-14,16,19H,2,8-11,15H2,1H3,(H,25,26,27). The van der Waals surface area contributed by atoms with Crippen LogP contribution in [0, 0.1) is 0 Å². The lowest BCUT2D eigenvalue weighted by atomic mass is 10.1. The van der Waals surface area contributed by atoms with Gasteiger partial charge in [0.25, 0.3) is 0 Å². The third-order valence-corrected chi connectivity index (χ3v) is 8.44. The van der Waals surface area contributed by atoms with Crippen molar-refractivity contribution in [3.05, 3.63) is 60.3 Å². The van der Waals surface area contributed by atoms with Crippen LogP contribution in [-0.4, -0.2) is 75.1 Å². The Balaban J connectivity index is 1.25. The van der Waals surface area contributed by atoms with E-state index in [4.69, 9.17) is 11.6 Å². The molecule has 1 saturated heterocycles. The highest BCUT2D eigenvalue weighted by atomic mass is 35.5. The summed E-state index contributed by atoms with van der Waals surface area (Å²) in [4.78, 5) is 14.4. The van der Waals surface area contributed by atoms with E-state index in [2.05, 4.69) is 31.9 Å². The lowest BCUT2D eigenvalue weighted by Crippen LogP contribution is -2.49. The molecule has 1 unspecified atom stereocenters. The first-order valence-electron chi connectivity index (χ1n) is 11.3. The van der Waals surface area contributed by atoms with Gasteiger partial charge in [0, 0.05) is 61.1 Å². The molecular formula is C23H26ClN7O2S. The number of hydrogen-bond acceptors (Lipinski definition) is 6. The molecule has 1 aromatic carbocycles. The molecule has 11 heteroatoms. The number of aromatic amines is 1. The normalized spacial score (nSPS) is 16.8. The summed E-state index contributed by atoms with van der Waals surface area (Å²) in [6.07, 6.45) is 8.19. The Morgan fingerprint density at radius 3 is 2.74 bits per heavy atom. The predicted octanol–water partition coefficient (Wildman–Crippen LogP) is 3.43. The van der Waals surface area contributed by atoms with Gasteiger partial charge in [0.05, 0.1) is 22.8 Å². The van der Waals surface area contributed by atoms with Crippen LogP contribution in [-0.2, 0) is 10.0 Å². The van der Waals surface area contributed by atoms with E-state index < -0.39 is 10.0 Å². The van der Waals surface area contributed by atoms with Crippen molar-refractivity contribution in [3.8, 4) is 11.3 Å². The summed E-state index contributed by atoms with van der Waals surface area (Å²) in [5, 5.41) is 6.01. The van der Waals surface area contributed by atoms with Crippen LogP contribution in [0.5, 0.6) is 0 Å². The maximum Gasteiger partial charge on any atom is 0.243 e. The Kier molecular flexibility index (Phi) is 6.39. The highest BCUT2D eigenvalue weighted by Gasteiger charge is 2.29. The molecule has 0 saturated carbocycles. The monoisotopic (exact) mass is 499 g/mol. The van der Waals surface area contributed by atoms with Crippen LogP contribution in [0.1, 0.15) is 19.4 Å². The zero-order valence-corrected chi connectivity index (χ0v) is 20.4. The highest BCUT2D eigenvalue weighted by Crippen LogP contribution is 2.26. The summed E-state index contributed by atoms with van der Waals surface area (Å²) in [6, 6.07) is 8.58. The van der Waals surface area contributed by atoms with Gasteiger partial charge in [-0.15, -0.1) is 0 Å². The molecule has 4 aromatic rings. The van der Waals surface area contributed by atoms with Crippen molar-refractivity contribution in [2.24, 2.45) is 0 Å². The predicted molar refractivity (Wildman–Crippen MR) is 131 cm³/mol. The van der Waals surface area contributed by atoms with Gasteiger partial charge in [-0.05, 0) is 30.7 Å². The Hall–Kier alpha value is -2.79. The topological polar surface area (TPSA) is 100 Å². The van der Waals surface area contributed by atoms with Gasteiger partial charge in [0.15, 0.2) is 0 Å². The molecule has 178 valence electrons. The number of fused-ring (bicyclic) bond motifs is 1. The second-order valence-corrected chi connectivity index (χ2v) is 10.8. The van der Waals surface area contributed by atoms with Crippen molar-refractivity contribution in [1.29, 1.82) is 0 Å². The zero-order valence-electron chi connectivity index (χ0n) is 18.8. The Labute approximate surface area is 203 Å². The SMILES string of the molecule is CCC(CN1CCN(S(=O)(=O)c2cccc(Cl)c2)CC1)n1cc(-c2ncnc3[nH]ccc23)cn1. The third kappa shape index (κ3) is 4.46. The summed E-state index contributed by atoms with van der Waals surface area (Å²) in [7, 11) is -3.54. The summed E-state index contributed by atoms with van der Waals surface area (Å²) in [5.41, 5.74) is 2.60. The number of piperazine rings is 1. The van der Waals surface area contributed by atoms with Crippen molar-refractivity contribution in [3.63, 3.8) is 0 Å². The average Bonchev–Trinajstić information content (AvgIpc) is 3.53. The van der Waals surface area contributed by atoms with E-state index in [9.17, 15) is 8.42 Å². The molecule has 1 fully saturated rings. The van der Waals surface area contributed by atoms with Gasteiger partial charge >= 0.3 is 0 Å². The van der Waals surface area contributed by atoms with E-state index in [1.54, 1.807) is 28.8 Å². The lowest BCUT2D eigenvalue weighted by Gasteiger charge is -2.35. The van der Waals surface area contributed by atoms with Crippen molar-refractivity contribution in [2.45, 2.75) is 24.3 Å². The number of nitrogens with zero attached hydrogens (tertiary/aromatic N) is 6. The number of nitrogens with one attached hydrogen (secondary N) is 1. The van der Waals surface area contributed by atoms with E-state index in [0.717, 1.165) is 35.3 Å². The van der Waals surface area contributed by atoms with Crippen molar-refractivity contribution in [2.75, 3.05) is 32.7 Å². The van der Waals surface area contributed by atoms with Gasteiger partial charge in [-0.3, -0.25) is 9.58 Å². The Bertz CT molecular complexity index is 1390. The van der Waals surface area contributed by atoms with Gasteiger partial charge in [0.2, 0.25) is 10.0 Å². The molecule has 1 N–H and O–H groups in total. The number of hydrogen-bond donors (Lipinski definition) is 1. The molecule has 34 heavy (non-hydrogen) atoms. The Morgan fingerprint density at radius 2 is 1.97 bits per heavy atom. The van der Waals surface area contributed by atoms with Gasteiger partial charge in [-0.2, -0.15) is 9.40 Å². The minimum atomic E-state index is -3.54. The zero-order chi connectivity index (χ0) is 23.7. The fourth-order valence-corrected chi connectivity index (χ4v) is 6.11. The smallest absolute Gasteiger partial charge is 0.243 e. The van der Waals surface area contributed by atoms with E-state index in [0.29, 0.717) is 31.2 Å². The summed E-state index contributed by atoms with van der Waals surface area (Å²) >= 11 is 6.00. The average molecular weight is 500 g/mol. The second-order valence-electron chi connectivity index (χ2n) is 8.40. The first-order chi connectivity index (χ1) is 16.5. The van der Waals surface area contributed by atoms with Crippen LogP contribution in [0.15, 0.2) is 60.1 Å². The van der Waals surface area contributed by atoms with Gasteiger partial charge in [0.1, 0.15) is 12.0 Å². The van der Waals surface area contributed by atoms with E-state index in [1.807, 2.05) is 29.3 Å². The number of aromatic nitrogens is 5. The van der Waals surface area contributed by atoms with Crippen LogP contribution in [0.3, 0.4) is 0 Å². The van der Waals surface area contributed by atoms with Crippen LogP contribution in [0.25, 0.3) is 22.3 Å². The van der Waals surface area contributed by atoms with E-state index in [-0.39, 0.29) is 10.9 Å². The molecule has 5 rings (SSSR count). The fourth-order valence-electron chi connectivity index (χ4n) is 4.39. The molecule has 1 aliphatic heterocycles. The van der Waals surface area contributed by atoms with E-state index >= 15 is 0 Å². The first kappa shape index (κ1) is 23.0. The highest BCUT2D eigenvalue weighted by molar-refractivity contribution is 7.89. The van der Waals surface area contributed by atoms with E-state index in [1.165, 1.54) is 6.07 Å². The fraction of sp³-hybridized carbons (Fsp3) is 0.348. The quantitative estimate of drug-likeness (QED) is 0.418. The van der Waals surface area contributed by atoms with Crippen molar-refractivity contribution < 1.29 is 8.42 Å². The number of H-pyrrole nitrogens is 1. The third-order valence-electron chi connectivity index (χ3n) is 6.31. The lowest BCUT2D eigenvalue weighted by molar-refractivity contribution is 0.160. The molecule has 0 aliphatic carbocycles. The summed E-state index contributed by atoms with van der Waals surface area (Å²) < 4.78 is 29.5. The first-order valence-corrected chi connectivity index (χ1v) is 13.1. The minimum absolute atomic E-state index is 0.174. The number of sulfonamides is 1. The maximum absolute atomic E-state index is 13.0. The van der Waals surface area contributed by atoms with Crippen LogP contribution < -0.4 is 0 Å². The number of rotatable bonds is 7. The second kappa shape index (κ2) is 9.46. The molecule has 4 heterocycles. The summed E-state index contributed by atoms with van der Waals surface area (Å²) in [6.45, 7) is 5.16. The van der Waals surface area contributed by atoms with Crippen LogP contribution in [0.2, 0.25) is 5.02 Å². The Morgan fingerprint density at radius 1 is 1.15 bits per heavy atom. The van der Waals surface area contributed by atoms with Crippen LogP contribution >= 0.6 is 11.6 Å². The molecule has 0 amide bonds. The summed E-state index contributed by atoms with van der Waals surface area (Å²) in [5.74, 6) is 0. The number of halogens is 1. The van der Waals surface area contributed by atoms with Crippen molar-refractivity contribution >= 4 is 32.7 Å². The van der Waals surface area contributed by atoms with Gasteiger partial charge < -0.3 is 4.98 Å². The minimum Gasteiger partial charge on any atom is -0.346 e. The van der Waals surface area contributed by atoms with Gasteiger partial charge in [-0.1, -0.05) is 24.6 Å². The number of benzene rings is 1. The molecule has 0 spiro atoms. The largest absolute Gasteiger partial charge is 0.346 e. The molecule has 1 aliphatic rings. The molecule has 0 bridgehead atoms. The van der Waals surface area contributed by atoms with Gasteiger partial charge in [-0.25, -0.2) is 18.4 Å². The molecule has 3 aromatic heterocycles. The molecular weight excluding hydrogens is 474 g/mol. The molecule has 1 atom stereocenters. The van der Waals surface area contributed by atoms with Crippen molar-refractivity contribution in [1.82, 2.24) is 33.9 Å².